The van der Waals surface area contributed by atoms with Crippen molar-refractivity contribution in [2.75, 3.05) is 0 Å². The second kappa shape index (κ2) is 2.30. The normalized spacial score (nSPS) is 15.4. The SMILES string of the molecule is O=C1OC(=O)O1.[Na]. The van der Waals surface area contributed by atoms with E-state index in [0.29, 0.717) is 0 Å². The maximum Gasteiger partial charge on any atom is 0.528 e. The molecule has 0 spiro atoms. The molecular weight excluding hydrogens is 111 g/mol. The van der Waals surface area contributed by atoms with Crippen LogP contribution in [0.25, 0.3) is 0 Å². The number of hydrogen-bond donors (Lipinski definition) is 0. The van der Waals surface area contributed by atoms with Gasteiger partial charge < -0.3 is 9.47 Å². The predicted molar refractivity (Wildman–Crippen MR) is 18.7 cm³/mol. The Morgan fingerprint density at radius 1 is 1.00 bits per heavy atom. The van der Waals surface area contributed by atoms with Crippen LogP contribution in [0.5, 0.6) is 0 Å². The van der Waals surface area contributed by atoms with Crippen LogP contribution in [-0.4, -0.2) is 41.9 Å². The first-order valence-electron chi connectivity index (χ1n) is 1.22. The van der Waals surface area contributed by atoms with Crippen molar-refractivity contribution in [1.82, 2.24) is 0 Å². The zero-order valence-corrected chi connectivity index (χ0v) is 5.63. The van der Waals surface area contributed by atoms with Crippen molar-refractivity contribution in [3.8, 4) is 0 Å². The molecule has 1 aliphatic heterocycles. The van der Waals surface area contributed by atoms with Crippen molar-refractivity contribution < 1.29 is 19.1 Å². The van der Waals surface area contributed by atoms with Gasteiger partial charge in [-0.15, -0.1) is 0 Å². The van der Waals surface area contributed by atoms with Gasteiger partial charge in [0.05, 0.1) is 0 Å². The average molecular weight is 111 g/mol. The summed E-state index contributed by atoms with van der Waals surface area (Å²) in [5.74, 6) is 0. The molecule has 1 saturated heterocycles. The Hall–Kier alpha value is -0.0600. The third-order valence-electron chi connectivity index (χ3n) is 0.333. The Labute approximate surface area is 61.1 Å². The van der Waals surface area contributed by atoms with Crippen LogP contribution in [0, 0.1) is 0 Å². The van der Waals surface area contributed by atoms with Gasteiger partial charge in [-0.25, -0.2) is 9.59 Å². The van der Waals surface area contributed by atoms with E-state index in [-0.39, 0.29) is 29.6 Å². The van der Waals surface area contributed by atoms with E-state index < -0.39 is 12.3 Å². The molecule has 1 radical (unpaired) electrons. The summed E-state index contributed by atoms with van der Waals surface area (Å²) in [7, 11) is 0. The van der Waals surface area contributed by atoms with Gasteiger partial charge in [0.15, 0.2) is 0 Å². The van der Waals surface area contributed by atoms with Gasteiger partial charge in [-0.05, 0) is 0 Å². The van der Waals surface area contributed by atoms with Crippen LogP contribution in [0.15, 0.2) is 0 Å². The van der Waals surface area contributed by atoms with E-state index >= 15 is 0 Å². The van der Waals surface area contributed by atoms with E-state index in [4.69, 9.17) is 0 Å². The van der Waals surface area contributed by atoms with Crippen LogP contribution < -0.4 is 0 Å². The number of rotatable bonds is 0. The van der Waals surface area contributed by atoms with Gasteiger partial charge >= 0.3 is 12.3 Å². The zero-order valence-electron chi connectivity index (χ0n) is 3.63. The first-order valence-corrected chi connectivity index (χ1v) is 1.22. The third-order valence-corrected chi connectivity index (χ3v) is 0.333. The molecule has 0 saturated carbocycles. The van der Waals surface area contributed by atoms with Crippen LogP contribution >= 0.6 is 0 Å². The molecule has 0 bridgehead atoms. The van der Waals surface area contributed by atoms with E-state index in [1.54, 1.807) is 0 Å². The minimum absolute atomic E-state index is 0. The van der Waals surface area contributed by atoms with Crippen LogP contribution in [0.1, 0.15) is 0 Å². The van der Waals surface area contributed by atoms with Crippen molar-refractivity contribution in [2.45, 2.75) is 0 Å². The van der Waals surface area contributed by atoms with Gasteiger partial charge in [0.25, 0.3) is 0 Å². The topological polar surface area (TPSA) is 52.6 Å². The van der Waals surface area contributed by atoms with Crippen molar-refractivity contribution in [3.63, 3.8) is 0 Å². The molecule has 1 rings (SSSR count). The minimum Gasteiger partial charge on any atom is -0.327 e. The molecule has 1 fully saturated rings. The molecule has 33 valence electrons. The van der Waals surface area contributed by atoms with Crippen molar-refractivity contribution >= 4 is 41.9 Å². The van der Waals surface area contributed by atoms with Gasteiger partial charge in [-0.2, -0.15) is 0 Å². The molecule has 0 aromatic rings. The molecule has 5 heteroatoms. The maximum atomic E-state index is 9.44. The van der Waals surface area contributed by atoms with E-state index in [9.17, 15) is 9.59 Å². The van der Waals surface area contributed by atoms with Crippen LogP contribution in [0.4, 0.5) is 9.59 Å². The van der Waals surface area contributed by atoms with Gasteiger partial charge in [-0.3, -0.25) is 0 Å². The molecule has 0 N–H and O–H groups in total. The van der Waals surface area contributed by atoms with E-state index in [0.717, 1.165) is 0 Å². The van der Waals surface area contributed by atoms with Crippen molar-refractivity contribution in [2.24, 2.45) is 0 Å². The molecule has 7 heavy (non-hydrogen) atoms. The molecule has 0 aliphatic carbocycles. The summed E-state index contributed by atoms with van der Waals surface area (Å²) < 4.78 is 7.28. The summed E-state index contributed by atoms with van der Waals surface area (Å²) in [6.07, 6.45) is -1.83. The van der Waals surface area contributed by atoms with Crippen molar-refractivity contribution in [3.05, 3.63) is 0 Å². The monoisotopic (exact) mass is 111 g/mol. The summed E-state index contributed by atoms with van der Waals surface area (Å²) in [6.45, 7) is 0. The number of carbonyl (C=O) groups is 2. The first-order chi connectivity index (χ1) is 2.79. The Morgan fingerprint density at radius 2 is 1.29 bits per heavy atom. The number of carbonyl (C=O) groups excluding carboxylic acids is 2. The molecule has 4 nitrogen and oxygen atoms in total. The largest absolute Gasteiger partial charge is 0.528 e. The quantitative estimate of drug-likeness (QED) is 0.248. The van der Waals surface area contributed by atoms with Gasteiger partial charge in [0, 0.05) is 29.6 Å². The zero-order chi connectivity index (χ0) is 4.57. The van der Waals surface area contributed by atoms with Gasteiger partial charge in [0.1, 0.15) is 0 Å². The maximum absolute atomic E-state index is 9.44. The summed E-state index contributed by atoms with van der Waals surface area (Å²) in [4.78, 5) is 18.9. The molecule has 0 amide bonds. The standard InChI is InChI=1S/C2O4.Na/c3-1-5-2(4)6-1;. The van der Waals surface area contributed by atoms with Gasteiger partial charge in [-0.1, -0.05) is 0 Å². The summed E-state index contributed by atoms with van der Waals surface area (Å²) in [5, 5.41) is 0. The predicted octanol–water partition coefficient (Wildman–Crippen LogP) is -0.108. The third kappa shape index (κ3) is 1.46. The first kappa shape index (κ1) is 6.94. The second-order valence-electron chi connectivity index (χ2n) is 0.704. The molecule has 0 unspecified atom stereocenters. The second-order valence-corrected chi connectivity index (χ2v) is 0.704. The van der Waals surface area contributed by atoms with Crippen LogP contribution in [0.3, 0.4) is 0 Å². The average Bonchev–Trinajstić information content (AvgIpc) is 1.33. The fraction of sp³-hybridized carbons (Fsp3) is 0. The van der Waals surface area contributed by atoms with Gasteiger partial charge in [0.2, 0.25) is 0 Å². The fourth-order valence-electron chi connectivity index (χ4n) is 0.144. The Balaban J connectivity index is 0.000000360. The molecule has 1 heterocycles. The molecule has 0 atom stereocenters. The molecule has 0 aromatic carbocycles. The molecule has 0 aromatic heterocycles. The van der Waals surface area contributed by atoms with E-state index in [1.807, 2.05) is 0 Å². The number of cyclic esters (lactones) is 4. The smallest absolute Gasteiger partial charge is 0.327 e. The number of ether oxygens (including phenoxy) is 2. The minimum atomic E-state index is -0.917. The van der Waals surface area contributed by atoms with Crippen LogP contribution in [0.2, 0.25) is 0 Å². The summed E-state index contributed by atoms with van der Waals surface area (Å²) >= 11 is 0. The van der Waals surface area contributed by atoms with Crippen LogP contribution in [-0.2, 0) is 9.47 Å². The summed E-state index contributed by atoms with van der Waals surface area (Å²) in [6, 6.07) is 0. The van der Waals surface area contributed by atoms with E-state index in [2.05, 4.69) is 9.47 Å². The molecule has 1 aliphatic rings. The molecular formula is C2NaO4. The Morgan fingerprint density at radius 3 is 1.29 bits per heavy atom. The summed E-state index contributed by atoms with van der Waals surface area (Å²) in [5.41, 5.74) is 0. The van der Waals surface area contributed by atoms with E-state index in [1.165, 1.54) is 0 Å². The number of hydrogen-bond acceptors (Lipinski definition) is 4. The fourth-order valence-corrected chi connectivity index (χ4v) is 0.144. The Bertz CT molecular complexity index is 86.3. The Kier molecular flexibility index (Phi) is 2.28. The van der Waals surface area contributed by atoms with Crippen molar-refractivity contribution in [1.29, 1.82) is 0 Å².